The van der Waals surface area contributed by atoms with Crippen LogP contribution in [0.25, 0.3) is 11.1 Å². The SMILES string of the molecule is Cc1cccn(CC2(c3ccc(-c4ccncc4)cc3)NC(=O)NC2=O)c1=O. The lowest BCUT2D eigenvalue weighted by atomic mass is 9.88. The normalized spacial score (nSPS) is 18.6. The van der Waals surface area contributed by atoms with E-state index in [1.54, 1.807) is 49.8 Å². The van der Waals surface area contributed by atoms with E-state index in [4.69, 9.17) is 0 Å². The number of aryl methyl sites for hydroxylation is 1. The quantitative estimate of drug-likeness (QED) is 0.683. The molecule has 7 heteroatoms. The number of carbonyl (C=O) groups excluding carboxylic acids is 2. The number of nitrogens with zero attached hydrogens (tertiary/aromatic N) is 2. The summed E-state index contributed by atoms with van der Waals surface area (Å²) in [4.78, 5) is 41.2. The number of hydrogen-bond acceptors (Lipinski definition) is 4. The van der Waals surface area contributed by atoms with Gasteiger partial charge in [0.1, 0.15) is 0 Å². The van der Waals surface area contributed by atoms with Crippen LogP contribution in [-0.4, -0.2) is 21.5 Å². The van der Waals surface area contributed by atoms with E-state index < -0.39 is 17.5 Å². The molecule has 0 spiro atoms. The number of imide groups is 1. The topological polar surface area (TPSA) is 93.1 Å². The minimum atomic E-state index is -1.36. The Morgan fingerprint density at radius 1 is 0.964 bits per heavy atom. The fourth-order valence-electron chi connectivity index (χ4n) is 3.43. The van der Waals surface area contributed by atoms with Crippen LogP contribution in [0, 0.1) is 6.92 Å². The molecule has 0 aliphatic carbocycles. The van der Waals surface area contributed by atoms with Crippen molar-refractivity contribution in [1.29, 1.82) is 0 Å². The van der Waals surface area contributed by atoms with Crippen LogP contribution in [0.3, 0.4) is 0 Å². The van der Waals surface area contributed by atoms with E-state index in [0.29, 0.717) is 11.1 Å². The van der Waals surface area contributed by atoms with Crippen molar-refractivity contribution >= 4 is 11.9 Å². The molecule has 1 aliphatic heterocycles. The predicted molar refractivity (Wildman–Crippen MR) is 103 cm³/mol. The second-order valence-electron chi connectivity index (χ2n) is 6.75. The number of rotatable bonds is 4. The summed E-state index contributed by atoms with van der Waals surface area (Å²) in [5.74, 6) is -0.484. The average Bonchev–Trinajstić information content (AvgIpc) is 3.00. The van der Waals surface area contributed by atoms with Crippen molar-refractivity contribution in [2.75, 3.05) is 0 Å². The van der Waals surface area contributed by atoms with Crippen molar-refractivity contribution in [2.24, 2.45) is 0 Å². The first-order valence-corrected chi connectivity index (χ1v) is 8.80. The summed E-state index contributed by atoms with van der Waals surface area (Å²) in [6.45, 7) is 1.71. The van der Waals surface area contributed by atoms with Gasteiger partial charge in [-0.1, -0.05) is 30.3 Å². The molecule has 1 aromatic carbocycles. The Bertz CT molecular complexity index is 1110. The van der Waals surface area contributed by atoms with Crippen LogP contribution in [0.4, 0.5) is 4.79 Å². The molecule has 1 saturated heterocycles. The monoisotopic (exact) mass is 374 g/mol. The van der Waals surface area contributed by atoms with Crippen LogP contribution in [-0.2, 0) is 16.9 Å². The van der Waals surface area contributed by atoms with E-state index in [-0.39, 0.29) is 12.1 Å². The molecule has 140 valence electrons. The molecule has 2 aromatic heterocycles. The maximum Gasteiger partial charge on any atom is 0.322 e. The Hall–Kier alpha value is -3.74. The first-order chi connectivity index (χ1) is 13.5. The maximum atomic E-state index is 12.7. The molecule has 3 amide bonds. The molecular weight excluding hydrogens is 356 g/mol. The number of urea groups is 1. The van der Waals surface area contributed by atoms with Gasteiger partial charge in [-0.25, -0.2) is 4.79 Å². The van der Waals surface area contributed by atoms with Gasteiger partial charge in [-0.15, -0.1) is 0 Å². The standard InChI is InChI=1S/C21H18N4O3/c1-14-3-2-12-25(18(14)26)13-21(19(27)23-20(28)24-21)17-6-4-15(5-7-17)16-8-10-22-11-9-16/h2-12H,13H2,1H3,(H2,23,24,27,28). The minimum absolute atomic E-state index is 0.000307. The second-order valence-corrected chi connectivity index (χ2v) is 6.75. The fourth-order valence-corrected chi connectivity index (χ4v) is 3.43. The number of benzene rings is 1. The molecule has 0 radical (unpaired) electrons. The Kier molecular flexibility index (Phi) is 4.27. The molecule has 3 aromatic rings. The number of aromatic nitrogens is 2. The Morgan fingerprint density at radius 2 is 1.64 bits per heavy atom. The summed E-state index contributed by atoms with van der Waals surface area (Å²) in [6, 6.07) is 14.0. The molecule has 3 heterocycles. The highest BCUT2D eigenvalue weighted by molar-refractivity contribution is 6.07. The molecule has 1 unspecified atom stereocenters. The van der Waals surface area contributed by atoms with Crippen molar-refractivity contribution in [1.82, 2.24) is 20.2 Å². The van der Waals surface area contributed by atoms with Crippen LogP contribution < -0.4 is 16.2 Å². The number of amides is 3. The van der Waals surface area contributed by atoms with Crippen molar-refractivity contribution in [2.45, 2.75) is 19.0 Å². The van der Waals surface area contributed by atoms with Gasteiger partial charge >= 0.3 is 6.03 Å². The van der Waals surface area contributed by atoms with E-state index in [1.807, 2.05) is 24.3 Å². The van der Waals surface area contributed by atoms with Gasteiger partial charge < -0.3 is 9.88 Å². The van der Waals surface area contributed by atoms with Crippen LogP contribution >= 0.6 is 0 Å². The summed E-state index contributed by atoms with van der Waals surface area (Å²) < 4.78 is 1.44. The van der Waals surface area contributed by atoms with Crippen LogP contribution in [0.15, 0.2) is 71.9 Å². The first-order valence-electron chi connectivity index (χ1n) is 8.80. The molecular formula is C21H18N4O3. The van der Waals surface area contributed by atoms with Crippen LogP contribution in [0.5, 0.6) is 0 Å². The molecule has 1 fully saturated rings. The molecule has 2 N–H and O–H groups in total. The molecule has 28 heavy (non-hydrogen) atoms. The summed E-state index contributed by atoms with van der Waals surface area (Å²) in [5.41, 5.74) is 1.55. The molecule has 7 nitrogen and oxygen atoms in total. The lowest BCUT2D eigenvalue weighted by Crippen LogP contribution is -2.49. The fraction of sp³-hybridized carbons (Fsp3) is 0.143. The summed E-state index contributed by atoms with van der Waals surface area (Å²) in [7, 11) is 0. The highest BCUT2D eigenvalue weighted by Crippen LogP contribution is 2.29. The van der Waals surface area contributed by atoms with Crippen LogP contribution in [0.1, 0.15) is 11.1 Å². The van der Waals surface area contributed by atoms with Crippen molar-refractivity contribution < 1.29 is 9.59 Å². The van der Waals surface area contributed by atoms with Crippen molar-refractivity contribution in [3.63, 3.8) is 0 Å². The third-order valence-corrected chi connectivity index (χ3v) is 4.95. The Balaban J connectivity index is 1.77. The maximum absolute atomic E-state index is 12.7. The number of nitrogens with one attached hydrogen (secondary N) is 2. The lowest BCUT2D eigenvalue weighted by Gasteiger charge is -2.27. The molecule has 0 bridgehead atoms. The van der Waals surface area contributed by atoms with E-state index in [0.717, 1.165) is 11.1 Å². The summed E-state index contributed by atoms with van der Waals surface area (Å²) in [6.07, 6.45) is 5.03. The molecule has 1 aliphatic rings. The third kappa shape index (κ3) is 2.96. The van der Waals surface area contributed by atoms with Gasteiger partial charge in [0.25, 0.3) is 11.5 Å². The smallest absolute Gasteiger partial charge is 0.318 e. The lowest BCUT2D eigenvalue weighted by molar-refractivity contribution is -0.124. The van der Waals surface area contributed by atoms with Gasteiger partial charge in [0.2, 0.25) is 0 Å². The number of hydrogen-bond donors (Lipinski definition) is 2. The van der Waals surface area contributed by atoms with E-state index in [9.17, 15) is 14.4 Å². The van der Waals surface area contributed by atoms with E-state index in [2.05, 4.69) is 15.6 Å². The largest absolute Gasteiger partial charge is 0.322 e. The van der Waals surface area contributed by atoms with Gasteiger partial charge in [0, 0.05) is 24.2 Å². The second kappa shape index (κ2) is 6.77. The van der Waals surface area contributed by atoms with Gasteiger partial charge in [-0.05, 0) is 41.8 Å². The van der Waals surface area contributed by atoms with Crippen molar-refractivity contribution in [3.05, 3.63) is 88.6 Å². The zero-order valence-electron chi connectivity index (χ0n) is 15.2. The molecule has 4 rings (SSSR count). The zero-order chi connectivity index (χ0) is 19.7. The highest BCUT2D eigenvalue weighted by atomic mass is 16.2. The van der Waals surface area contributed by atoms with Crippen molar-refractivity contribution in [3.8, 4) is 11.1 Å². The van der Waals surface area contributed by atoms with Gasteiger partial charge in [0.15, 0.2) is 5.54 Å². The average molecular weight is 374 g/mol. The first kappa shape index (κ1) is 17.7. The zero-order valence-corrected chi connectivity index (χ0v) is 15.2. The number of carbonyl (C=O) groups is 2. The number of pyridine rings is 2. The Morgan fingerprint density at radius 3 is 2.29 bits per heavy atom. The molecule has 0 saturated carbocycles. The van der Waals surface area contributed by atoms with E-state index in [1.165, 1.54) is 4.57 Å². The summed E-state index contributed by atoms with van der Waals surface area (Å²) in [5, 5.41) is 5.01. The summed E-state index contributed by atoms with van der Waals surface area (Å²) >= 11 is 0. The van der Waals surface area contributed by atoms with Gasteiger partial charge in [-0.3, -0.25) is 19.9 Å². The third-order valence-electron chi connectivity index (χ3n) is 4.95. The molecule has 1 atom stereocenters. The van der Waals surface area contributed by atoms with Gasteiger partial charge in [-0.2, -0.15) is 0 Å². The van der Waals surface area contributed by atoms with Gasteiger partial charge in [0.05, 0.1) is 6.54 Å². The predicted octanol–water partition coefficient (Wildman–Crippen LogP) is 1.95. The van der Waals surface area contributed by atoms with Crippen LogP contribution in [0.2, 0.25) is 0 Å². The highest BCUT2D eigenvalue weighted by Gasteiger charge is 2.48. The Labute approximate surface area is 161 Å². The minimum Gasteiger partial charge on any atom is -0.318 e. The van der Waals surface area contributed by atoms with E-state index >= 15 is 0 Å².